The van der Waals surface area contributed by atoms with Gasteiger partial charge in [0.2, 0.25) is 4.96 Å². The fraction of sp³-hybridized carbons (Fsp3) is 0.0909. The molecule has 3 rings (SSSR count). The summed E-state index contributed by atoms with van der Waals surface area (Å²) in [5.74, 6) is 0. The minimum absolute atomic E-state index is 0.937. The number of hydrogen-bond donors (Lipinski definition) is 0. The summed E-state index contributed by atoms with van der Waals surface area (Å²) >= 11 is 6.68. The average molecular weight is 326 g/mol. The van der Waals surface area contributed by atoms with Gasteiger partial charge < -0.3 is 0 Å². The quantitative estimate of drug-likeness (QED) is 0.668. The lowest BCUT2D eigenvalue weighted by atomic mass is 10.2. The largest absolute Gasteiger partial charge is 0.217 e. The summed E-state index contributed by atoms with van der Waals surface area (Å²) in [6, 6.07) is 8.13. The van der Waals surface area contributed by atoms with Gasteiger partial charge in [-0.25, -0.2) is 9.50 Å². The van der Waals surface area contributed by atoms with Crippen molar-refractivity contribution < 1.29 is 0 Å². The van der Waals surface area contributed by atoms with Crippen LogP contribution >= 0.6 is 39.0 Å². The molecule has 0 spiro atoms. The van der Waals surface area contributed by atoms with Crippen LogP contribution in [0.5, 0.6) is 0 Å². The molecule has 0 saturated heterocycles. The van der Waals surface area contributed by atoms with E-state index in [-0.39, 0.29) is 0 Å². The fourth-order valence-electron chi connectivity index (χ4n) is 1.52. The molecule has 0 fully saturated rings. The van der Waals surface area contributed by atoms with Crippen molar-refractivity contribution in [3.8, 4) is 11.3 Å². The molecule has 6 heteroatoms. The molecular weight excluding hydrogens is 318 g/mol. The molecule has 0 saturated carbocycles. The molecule has 2 heterocycles. The first kappa shape index (κ1) is 11.3. The molecule has 3 nitrogen and oxygen atoms in total. The summed E-state index contributed by atoms with van der Waals surface area (Å²) in [4.78, 5) is 5.51. The summed E-state index contributed by atoms with van der Waals surface area (Å²) in [5, 5.41) is 4.42. The van der Waals surface area contributed by atoms with Gasteiger partial charge in [0.15, 0.2) is 4.34 Å². The Labute approximate surface area is 115 Å². The zero-order valence-electron chi connectivity index (χ0n) is 8.92. The Hall–Kier alpha value is -0.850. The normalized spacial score (nSPS) is 11.2. The molecule has 0 aliphatic heterocycles. The number of fused-ring (bicyclic) bond motifs is 1. The van der Waals surface area contributed by atoms with Gasteiger partial charge in [0.05, 0.1) is 11.9 Å². The van der Waals surface area contributed by atoms with E-state index in [1.165, 1.54) is 0 Å². The van der Waals surface area contributed by atoms with Crippen LogP contribution in [-0.2, 0) is 0 Å². The molecule has 0 aliphatic rings. The summed E-state index contributed by atoms with van der Waals surface area (Å²) in [6.07, 6.45) is 3.99. The predicted molar refractivity (Wildman–Crippen MR) is 75.8 cm³/mol. The van der Waals surface area contributed by atoms with Crippen LogP contribution in [0.2, 0.25) is 0 Å². The van der Waals surface area contributed by atoms with Crippen molar-refractivity contribution in [1.82, 2.24) is 14.6 Å². The molecule has 0 bridgehead atoms. The third-order valence-electron chi connectivity index (χ3n) is 2.34. The van der Waals surface area contributed by atoms with Crippen LogP contribution in [0.3, 0.4) is 0 Å². The lowest BCUT2D eigenvalue weighted by molar-refractivity contribution is 0.916. The van der Waals surface area contributed by atoms with E-state index >= 15 is 0 Å². The van der Waals surface area contributed by atoms with Gasteiger partial charge in [-0.2, -0.15) is 0 Å². The Bertz CT molecular complexity index is 625. The molecule has 3 aromatic rings. The first-order valence-corrected chi connectivity index (χ1v) is 7.76. The SMILES string of the molecule is CSc1nn2cc(-c3ccc(Br)cc3)nc2s1. The van der Waals surface area contributed by atoms with Crippen molar-refractivity contribution in [3.05, 3.63) is 34.9 Å². The lowest BCUT2D eigenvalue weighted by Crippen LogP contribution is -1.80. The summed E-state index contributed by atoms with van der Waals surface area (Å²) in [7, 11) is 0. The molecule has 2 aromatic heterocycles. The van der Waals surface area contributed by atoms with Gasteiger partial charge in [-0.15, -0.1) is 5.10 Å². The van der Waals surface area contributed by atoms with E-state index in [0.717, 1.165) is 25.0 Å². The average Bonchev–Trinajstić information content (AvgIpc) is 2.87. The van der Waals surface area contributed by atoms with E-state index in [4.69, 9.17) is 0 Å². The van der Waals surface area contributed by atoms with Gasteiger partial charge in [-0.3, -0.25) is 0 Å². The minimum Gasteiger partial charge on any atom is -0.217 e. The minimum atomic E-state index is 0.937. The molecule has 0 atom stereocenters. The number of hydrogen-bond acceptors (Lipinski definition) is 4. The van der Waals surface area contributed by atoms with Gasteiger partial charge in [0, 0.05) is 10.0 Å². The maximum atomic E-state index is 4.57. The van der Waals surface area contributed by atoms with Crippen LogP contribution in [-0.4, -0.2) is 20.9 Å². The molecule has 86 valence electrons. The van der Waals surface area contributed by atoms with Crippen LogP contribution in [0.25, 0.3) is 16.2 Å². The van der Waals surface area contributed by atoms with Crippen molar-refractivity contribution in [2.75, 3.05) is 6.26 Å². The predicted octanol–water partition coefficient (Wildman–Crippen LogP) is 3.94. The molecule has 0 amide bonds. The molecule has 0 aliphatic carbocycles. The van der Waals surface area contributed by atoms with E-state index < -0.39 is 0 Å². The highest BCUT2D eigenvalue weighted by molar-refractivity contribution is 9.10. The number of imidazole rings is 1. The van der Waals surface area contributed by atoms with E-state index in [1.807, 2.05) is 41.2 Å². The van der Waals surface area contributed by atoms with Crippen molar-refractivity contribution in [2.24, 2.45) is 0 Å². The van der Waals surface area contributed by atoms with Crippen LogP contribution in [0.4, 0.5) is 0 Å². The maximum Gasteiger partial charge on any atom is 0.213 e. The van der Waals surface area contributed by atoms with Crippen molar-refractivity contribution >= 4 is 44.0 Å². The Kier molecular flexibility index (Phi) is 2.94. The Morgan fingerprint density at radius 2 is 2.06 bits per heavy atom. The highest BCUT2D eigenvalue weighted by Crippen LogP contribution is 2.26. The van der Waals surface area contributed by atoms with E-state index in [0.29, 0.717) is 0 Å². The number of rotatable bonds is 2. The fourth-order valence-corrected chi connectivity index (χ4v) is 3.13. The van der Waals surface area contributed by atoms with Crippen molar-refractivity contribution in [2.45, 2.75) is 4.34 Å². The molecule has 17 heavy (non-hydrogen) atoms. The Morgan fingerprint density at radius 3 is 2.71 bits per heavy atom. The third kappa shape index (κ3) is 2.12. The highest BCUT2D eigenvalue weighted by Gasteiger charge is 2.08. The molecule has 0 unspecified atom stereocenters. The van der Waals surface area contributed by atoms with Crippen molar-refractivity contribution in [3.63, 3.8) is 0 Å². The molecule has 0 N–H and O–H groups in total. The second-order valence-electron chi connectivity index (χ2n) is 3.43. The van der Waals surface area contributed by atoms with Crippen LogP contribution in [0, 0.1) is 0 Å². The zero-order valence-corrected chi connectivity index (χ0v) is 12.1. The second kappa shape index (κ2) is 4.44. The molecule has 1 aromatic carbocycles. The highest BCUT2D eigenvalue weighted by atomic mass is 79.9. The van der Waals surface area contributed by atoms with Gasteiger partial charge >= 0.3 is 0 Å². The molecular formula is C11H8BrN3S2. The van der Waals surface area contributed by atoms with Crippen molar-refractivity contribution in [1.29, 1.82) is 0 Å². The number of thioether (sulfide) groups is 1. The topological polar surface area (TPSA) is 30.2 Å². The molecule has 0 radical (unpaired) electrons. The van der Waals surface area contributed by atoms with Crippen LogP contribution < -0.4 is 0 Å². The summed E-state index contributed by atoms with van der Waals surface area (Å²) < 4.78 is 3.95. The number of aromatic nitrogens is 3. The van der Waals surface area contributed by atoms with Crippen LogP contribution in [0.15, 0.2) is 39.3 Å². The Morgan fingerprint density at radius 1 is 1.29 bits per heavy atom. The second-order valence-corrected chi connectivity index (χ2v) is 6.36. The first-order chi connectivity index (χ1) is 8.26. The van der Waals surface area contributed by atoms with Gasteiger partial charge in [0.1, 0.15) is 0 Å². The van der Waals surface area contributed by atoms with E-state index in [1.54, 1.807) is 23.1 Å². The van der Waals surface area contributed by atoms with Gasteiger partial charge in [0.25, 0.3) is 0 Å². The lowest BCUT2D eigenvalue weighted by Gasteiger charge is -1.95. The summed E-state index contributed by atoms with van der Waals surface area (Å²) in [6.45, 7) is 0. The van der Waals surface area contributed by atoms with Gasteiger partial charge in [-0.05, 0) is 18.4 Å². The van der Waals surface area contributed by atoms with Crippen LogP contribution in [0.1, 0.15) is 0 Å². The first-order valence-electron chi connectivity index (χ1n) is 4.92. The van der Waals surface area contributed by atoms with Gasteiger partial charge in [-0.1, -0.05) is 51.2 Å². The third-order valence-corrected chi connectivity index (χ3v) is 4.77. The number of nitrogens with zero attached hydrogens (tertiary/aromatic N) is 3. The maximum absolute atomic E-state index is 4.57. The summed E-state index contributed by atoms with van der Waals surface area (Å²) in [5.41, 5.74) is 2.07. The smallest absolute Gasteiger partial charge is 0.213 e. The zero-order chi connectivity index (χ0) is 11.8. The van der Waals surface area contributed by atoms with E-state index in [2.05, 4.69) is 26.0 Å². The van der Waals surface area contributed by atoms with E-state index in [9.17, 15) is 0 Å². The standard InChI is InChI=1S/C11H8BrN3S2/c1-16-11-14-15-6-9(13-10(15)17-11)7-2-4-8(12)5-3-7/h2-6H,1H3. The number of benzene rings is 1. The number of halogens is 1. The monoisotopic (exact) mass is 325 g/mol. The Balaban J connectivity index is 2.06.